The molecule has 1 aromatic heterocycles. The van der Waals surface area contributed by atoms with Gasteiger partial charge in [-0.25, -0.2) is 4.79 Å². The third-order valence-corrected chi connectivity index (χ3v) is 3.80. The van der Waals surface area contributed by atoms with E-state index in [-0.39, 0.29) is 11.6 Å². The lowest BCUT2D eigenvalue weighted by molar-refractivity contribution is 0.0697. The predicted octanol–water partition coefficient (Wildman–Crippen LogP) is 3.80. The highest BCUT2D eigenvalue weighted by Crippen LogP contribution is 2.31. The standard InChI is InChI=1S/C17H22N2O2/c1-11(2)9-12(3)19(4)16-13-7-5-6-8-15(13)18-10-14(16)17(20)21/h5-8,10-12H,9H2,1-4H3,(H,20,21). The van der Waals surface area contributed by atoms with Crippen LogP contribution in [0.15, 0.2) is 30.5 Å². The van der Waals surface area contributed by atoms with Gasteiger partial charge in [0.05, 0.1) is 11.2 Å². The van der Waals surface area contributed by atoms with E-state index in [1.54, 1.807) is 0 Å². The summed E-state index contributed by atoms with van der Waals surface area (Å²) >= 11 is 0. The van der Waals surface area contributed by atoms with Gasteiger partial charge < -0.3 is 10.0 Å². The number of carbonyl (C=O) groups is 1. The summed E-state index contributed by atoms with van der Waals surface area (Å²) in [5.74, 6) is -0.379. The fraction of sp³-hybridized carbons (Fsp3) is 0.412. The van der Waals surface area contributed by atoms with E-state index in [1.165, 1.54) is 6.20 Å². The molecule has 1 N–H and O–H groups in total. The minimum Gasteiger partial charge on any atom is -0.478 e. The van der Waals surface area contributed by atoms with Crippen LogP contribution in [0.1, 0.15) is 37.6 Å². The number of anilines is 1. The van der Waals surface area contributed by atoms with Crippen molar-refractivity contribution in [2.75, 3.05) is 11.9 Å². The Kier molecular flexibility index (Phi) is 4.46. The molecule has 1 heterocycles. The first-order chi connectivity index (χ1) is 9.91. The van der Waals surface area contributed by atoms with Crippen molar-refractivity contribution in [1.29, 1.82) is 0 Å². The van der Waals surface area contributed by atoms with Crippen molar-refractivity contribution >= 4 is 22.6 Å². The van der Waals surface area contributed by atoms with E-state index in [0.29, 0.717) is 5.92 Å². The second kappa shape index (κ2) is 6.12. The normalized spacial score (nSPS) is 12.6. The lowest BCUT2D eigenvalue weighted by Crippen LogP contribution is -2.31. The van der Waals surface area contributed by atoms with Crippen molar-refractivity contribution in [2.24, 2.45) is 5.92 Å². The Morgan fingerprint density at radius 1 is 1.29 bits per heavy atom. The van der Waals surface area contributed by atoms with Crippen molar-refractivity contribution in [2.45, 2.75) is 33.2 Å². The zero-order chi connectivity index (χ0) is 15.6. The van der Waals surface area contributed by atoms with Gasteiger partial charge >= 0.3 is 5.97 Å². The van der Waals surface area contributed by atoms with Gasteiger partial charge in [-0.3, -0.25) is 4.98 Å². The van der Waals surface area contributed by atoms with Gasteiger partial charge in [-0.05, 0) is 25.3 Å². The average Bonchev–Trinajstić information content (AvgIpc) is 2.44. The molecule has 0 aliphatic heterocycles. The van der Waals surface area contributed by atoms with Crippen molar-refractivity contribution in [3.05, 3.63) is 36.0 Å². The van der Waals surface area contributed by atoms with Crippen LogP contribution in [0.2, 0.25) is 0 Å². The van der Waals surface area contributed by atoms with Gasteiger partial charge in [-0.15, -0.1) is 0 Å². The molecule has 0 bridgehead atoms. The average molecular weight is 286 g/mol. The molecule has 1 unspecified atom stereocenters. The second-order valence-corrected chi connectivity index (χ2v) is 5.93. The van der Waals surface area contributed by atoms with Crippen molar-refractivity contribution in [3.63, 3.8) is 0 Å². The highest BCUT2D eigenvalue weighted by molar-refractivity contribution is 6.04. The Morgan fingerprint density at radius 3 is 2.57 bits per heavy atom. The Morgan fingerprint density at radius 2 is 1.95 bits per heavy atom. The molecule has 2 aromatic rings. The largest absolute Gasteiger partial charge is 0.478 e. The van der Waals surface area contributed by atoms with Gasteiger partial charge in [0.2, 0.25) is 0 Å². The number of rotatable bonds is 5. The van der Waals surface area contributed by atoms with Gasteiger partial charge in [-0.2, -0.15) is 0 Å². The zero-order valence-electron chi connectivity index (χ0n) is 13.0. The van der Waals surface area contributed by atoms with Crippen LogP contribution in [0.4, 0.5) is 5.69 Å². The second-order valence-electron chi connectivity index (χ2n) is 5.93. The predicted molar refractivity (Wildman–Crippen MR) is 86.0 cm³/mol. The molecule has 4 nitrogen and oxygen atoms in total. The monoisotopic (exact) mass is 286 g/mol. The van der Waals surface area contributed by atoms with Crippen LogP contribution < -0.4 is 4.90 Å². The Hall–Kier alpha value is -2.10. The molecule has 21 heavy (non-hydrogen) atoms. The number of hydrogen-bond donors (Lipinski definition) is 1. The fourth-order valence-corrected chi connectivity index (χ4v) is 2.72. The van der Waals surface area contributed by atoms with E-state index in [4.69, 9.17) is 0 Å². The van der Waals surface area contributed by atoms with Crippen molar-refractivity contribution in [3.8, 4) is 0 Å². The van der Waals surface area contributed by atoms with Crippen LogP contribution in [0.5, 0.6) is 0 Å². The molecule has 0 aliphatic rings. The number of carboxylic acid groups (broad SMARTS) is 1. The highest BCUT2D eigenvalue weighted by Gasteiger charge is 2.21. The van der Waals surface area contributed by atoms with Gasteiger partial charge in [0.1, 0.15) is 5.56 Å². The van der Waals surface area contributed by atoms with Crippen LogP contribution in [0, 0.1) is 5.92 Å². The summed E-state index contributed by atoms with van der Waals surface area (Å²) in [6, 6.07) is 7.93. The number of hydrogen-bond acceptors (Lipinski definition) is 3. The molecule has 0 fully saturated rings. The molecule has 1 aromatic carbocycles. The lowest BCUT2D eigenvalue weighted by Gasteiger charge is -2.30. The minimum atomic E-state index is -0.938. The molecule has 0 saturated carbocycles. The number of aromatic nitrogens is 1. The summed E-state index contributed by atoms with van der Waals surface area (Å²) in [4.78, 5) is 17.9. The first-order valence-electron chi connectivity index (χ1n) is 7.25. The fourth-order valence-electron chi connectivity index (χ4n) is 2.72. The van der Waals surface area contributed by atoms with E-state index in [9.17, 15) is 9.90 Å². The van der Waals surface area contributed by atoms with E-state index >= 15 is 0 Å². The molecule has 0 spiro atoms. The summed E-state index contributed by atoms with van der Waals surface area (Å²) < 4.78 is 0. The Labute approximate surface area is 125 Å². The number of fused-ring (bicyclic) bond motifs is 1. The summed E-state index contributed by atoms with van der Waals surface area (Å²) in [6.07, 6.45) is 2.46. The molecule has 112 valence electrons. The molecular formula is C17H22N2O2. The Bertz CT molecular complexity index is 652. The first-order valence-corrected chi connectivity index (χ1v) is 7.25. The van der Waals surface area contributed by atoms with E-state index < -0.39 is 5.97 Å². The molecular weight excluding hydrogens is 264 g/mol. The number of aromatic carboxylic acids is 1. The summed E-state index contributed by atoms with van der Waals surface area (Å²) in [7, 11) is 1.96. The molecule has 4 heteroatoms. The number of para-hydroxylation sites is 1. The Balaban J connectivity index is 2.58. The van der Waals surface area contributed by atoms with Crippen molar-refractivity contribution < 1.29 is 9.90 Å². The maximum Gasteiger partial charge on any atom is 0.339 e. The minimum absolute atomic E-state index is 0.256. The van der Waals surface area contributed by atoms with E-state index in [0.717, 1.165) is 23.0 Å². The highest BCUT2D eigenvalue weighted by atomic mass is 16.4. The van der Waals surface area contributed by atoms with Crippen LogP contribution >= 0.6 is 0 Å². The van der Waals surface area contributed by atoms with E-state index in [1.807, 2.05) is 31.3 Å². The summed E-state index contributed by atoms with van der Waals surface area (Å²) in [6.45, 7) is 6.47. The van der Waals surface area contributed by atoms with Gasteiger partial charge in [0.25, 0.3) is 0 Å². The quantitative estimate of drug-likeness (QED) is 0.908. The number of pyridine rings is 1. The lowest BCUT2D eigenvalue weighted by atomic mass is 10.0. The SMILES string of the molecule is CC(C)CC(C)N(C)c1c(C(=O)O)cnc2ccccc12. The summed E-state index contributed by atoms with van der Waals surface area (Å²) in [5.41, 5.74) is 1.83. The van der Waals surface area contributed by atoms with Crippen LogP contribution in [-0.2, 0) is 0 Å². The topological polar surface area (TPSA) is 53.4 Å². The number of nitrogens with zero attached hydrogens (tertiary/aromatic N) is 2. The first kappa shape index (κ1) is 15.3. The molecule has 2 rings (SSSR count). The molecule has 0 saturated heterocycles. The smallest absolute Gasteiger partial charge is 0.339 e. The van der Waals surface area contributed by atoms with Gasteiger partial charge in [0, 0.05) is 24.7 Å². The number of carboxylic acids is 1. The number of benzene rings is 1. The molecule has 1 atom stereocenters. The maximum atomic E-state index is 11.5. The van der Waals surface area contributed by atoms with E-state index in [2.05, 4.69) is 30.7 Å². The van der Waals surface area contributed by atoms with Crippen LogP contribution in [-0.4, -0.2) is 29.1 Å². The summed E-state index contributed by atoms with van der Waals surface area (Å²) in [5, 5.41) is 10.4. The maximum absolute atomic E-state index is 11.5. The third kappa shape index (κ3) is 3.15. The molecule has 0 radical (unpaired) electrons. The van der Waals surface area contributed by atoms with Crippen LogP contribution in [0.25, 0.3) is 10.9 Å². The van der Waals surface area contributed by atoms with Crippen LogP contribution in [0.3, 0.4) is 0 Å². The zero-order valence-corrected chi connectivity index (χ0v) is 13.0. The molecule has 0 aliphatic carbocycles. The third-order valence-electron chi connectivity index (χ3n) is 3.80. The van der Waals surface area contributed by atoms with Crippen molar-refractivity contribution in [1.82, 2.24) is 4.98 Å². The van der Waals surface area contributed by atoms with Gasteiger partial charge in [0.15, 0.2) is 0 Å². The van der Waals surface area contributed by atoms with Gasteiger partial charge in [-0.1, -0.05) is 32.0 Å². The molecule has 0 amide bonds.